The Kier molecular flexibility index (Phi) is 8.89. The predicted octanol–water partition coefficient (Wildman–Crippen LogP) is 3.47. The molecule has 2 aromatic carbocycles. The third-order valence-electron chi connectivity index (χ3n) is 6.50. The van der Waals surface area contributed by atoms with Gasteiger partial charge in [-0.05, 0) is 55.5 Å². The smallest absolute Gasteiger partial charge is 0.326 e. The highest BCUT2D eigenvalue weighted by Crippen LogP contribution is 2.27. The van der Waals surface area contributed by atoms with Crippen molar-refractivity contribution < 1.29 is 19.5 Å². The Labute approximate surface area is 225 Å². The van der Waals surface area contributed by atoms with Crippen LogP contribution in [0.4, 0.5) is 5.69 Å². The molecule has 3 atom stereocenters. The Bertz CT molecular complexity index is 1170. The average molecular weight is 546 g/mol. The number of benzene rings is 2. The van der Waals surface area contributed by atoms with E-state index < -0.39 is 17.9 Å². The minimum atomic E-state index is -1.19. The van der Waals surface area contributed by atoms with E-state index in [1.165, 1.54) is 12.1 Å². The number of hydrogen-bond donors (Lipinski definition) is 5. The molecule has 0 spiro atoms. The van der Waals surface area contributed by atoms with Crippen LogP contribution < -0.4 is 21.3 Å². The van der Waals surface area contributed by atoms with Crippen LogP contribution in [0.25, 0.3) is 0 Å². The number of anilines is 1. The number of carboxylic acids is 1. The van der Waals surface area contributed by atoms with Crippen LogP contribution in [0.5, 0.6) is 0 Å². The van der Waals surface area contributed by atoms with Crippen molar-refractivity contribution in [2.75, 3.05) is 18.4 Å². The van der Waals surface area contributed by atoms with E-state index in [4.69, 9.17) is 23.2 Å². The summed E-state index contributed by atoms with van der Waals surface area (Å²) in [4.78, 5) is 41.6. The minimum Gasteiger partial charge on any atom is -0.480 e. The Morgan fingerprint density at radius 1 is 1.08 bits per heavy atom. The summed E-state index contributed by atoms with van der Waals surface area (Å²) >= 11 is 12.1. The summed E-state index contributed by atoms with van der Waals surface area (Å²) in [6.07, 6.45) is 3.51. The van der Waals surface area contributed by atoms with Gasteiger partial charge in [-0.15, -0.1) is 0 Å². The quantitative estimate of drug-likeness (QED) is 0.345. The molecule has 5 N–H and O–H groups in total. The van der Waals surface area contributed by atoms with E-state index in [0.29, 0.717) is 11.3 Å². The summed E-state index contributed by atoms with van der Waals surface area (Å²) in [5, 5.41) is 22.0. The van der Waals surface area contributed by atoms with Crippen LogP contribution in [0, 0.1) is 5.92 Å². The number of rotatable bonds is 8. The second-order valence-electron chi connectivity index (χ2n) is 9.21. The van der Waals surface area contributed by atoms with E-state index >= 15 is 0 Å². The molecule has 2 aromatic rings. The van der Waals surface area contributed by atoms with Crippen LogP contribution in [-0.2, 0) is 16.0 Å². The monoisotopic (exact) mass is 545 g/mol. The number of aliphatic imine (C=N–C) groups is 1. The highest BCUT2D eigenvalue weighted by molar-refractivity contribution is 6.39. The summed E-state index contributed by atoms with van der Waals surface area (Å²) in [5.41, 5.74) is 1.34. The highest BCUT2D eigenvalue weighted by atomic mass is 35.5. The first kappa shape index (κ1) is 26.8. The molecule has 0 aromatic heterocycles. The SMILES string of the molecule is O=C(N[C@@H](Cc1ccc(NC(=O)[C@@H]2CC[C@@H](NC3=NCCCN3)C2)cc1)C(=O)O)c1c(Cl)cccc1Cl. The molecule has 0 bridgehead atoms. The summed E-state index contributed by atoms with van der Waals surface area (Å²) in [6.45, 7) is 1.73. The van der Waals surface area contributed by atoms with E-state index in [-0.39, 0.29) is 39.9 Å². The van der Waals surface area contributed by atoms with Gasteiger partial charge in [0.15, 0.2) is 5.96 Å². The zero-order chi connectivity index (χ0) is 26.4. The summed E-state index contributed by atoms with van der Waals surface area (Å²) in [6, 6.07) is 10.6. The van der Waals surface area contributed by atoms with Gasteiger partial charge >= 0.3 is 5.97 Å². The molecule has 0 saturated heterocycles. The predicted molar refractivity (Wildman–Crippen MR) is 143 cm³/mol. The number of hydrogen-bond acceptors (Lipinski definition) is 6. The fraction of sp³-hybridized carbons (Fsp3) is 0.385. The molecule has 0 radical (unpaired) electrons. The van der Waals surface area contributed by atoms with Gasteiger partial charge in [0.1, 0.15) is 6.04 Å². The molecule has 0 unspecified atom stereocenters. The Morgan fingerprint density at radius 3 is 2.46 bits per heavy atom. The van der Waals surface area contributed by atoms with Crippen molar-refractivity contribution in [3.05, 3.63) is 63.6 Å². The Hall–Kier alpha value is -3.30. The molecule has 1 heterocycles. The topological polar surface area (TPSA) is 132 Å². The molecule has 2 amide bonds. The lowest BCUT2D eigenvalue weighted by atomic mass is 10.0. The molecule has 1 aliphatic carbocycles. The number of nitrogens with zero attached hydrogens (tertiary/aromatic N) is 1. The lowest BCUT2D eigenvalue weighted by molar-refractivity contribution is -0.139. The van der Waals surface area contributed by atoms with Crippen molar-refractivity contribution in [3.8, 4) is 0 Å². The molecular weight excluding hydrogens is 517 g/mol. The van der Waals surface area contributed by atoms with Crippen LogP contribution in [0.15, 0.2) is 47.5 Å². The van der Waals surface area contributed by atoms with Gasteiger partial charge in [0.05, 0.1) is 15.6 Å². The molecule has 4 rings (SSSR count). The van der Waals surface area contributed by atoms with Crippen molar-refractivity contribution in [1.82, 2.24) is 16.0 Å². The fourth-order valence-electron chi connectivity index (χ4n) is 4.52. The number of carbonyl (C=O) groups is 3. The first-order valence-electron chi connectivity index (χ1n) is 12.2. The molecule has 37 heavy (non-hydrogen) atoms. The van der Waals surface area contributed by atoms with Gasteiger partial charge in [-0.25, -0.2) is 4.79 Å². The lowest BCUT2D eigenvalue weighted by Gasteiger charge is -2.20. The zero-order valence-corrected chi connectivity index (χ0v) is 21.6. The number of nitrogens with one attached hydrogen (secondary N) is 4. The van der Waals surface area contributed by atoms with Gasteiger partial charge < -0.3 is 26.4 Å². The van der Waals surface area contributed by atoms with E-state index in [1.807, 2.05) is 0 Å². The molecule has 9 nitrogen and oxygen atoms in total. The van der Waals surface area contributed by atoms with Crippen LogP contribution in [0.1, 0.15) is 41.6 Å². The van der Waals surface area contributed by atoms with E-state index in [9.17, 15) is 19.5 Å². The summed E-state index contributed by atoms with van der Waals surface area (Å²) in [7, 11) is 0. The lowest BCUT2D eigenvalue weighted by Crippen LogP contribution is -2.45. The molecule has 196 valence electrons. The van der Waals surface area contributed by atoms with Gasteiger partial charge in [-0.3, -0.25) is 14.6 Å². The maximum absolute atomic E-state index is 12.8. The maximum atomic E-state index is 12.8. The van der Waals surface area contributed by atoms with Crippen molar-refractivity contribution >= 4 is 52.6 Å². The largest absolute Gasteiger partial charge is 0.480 e. The van der Waals surface area contributed by atoms with E-state index in [0.717, 1.165) is 44.7 Å². The first-order valence-corrected chi connectivity index (χ1v) is 13.0. The van der Waals surface area contributed by atoms with Gasteiger partial charge in [-0.2, -0.15) is 0 Å². The van der Waals surface area contributed by atoms with E-state index in [2.05, 4.69) is 26.3 Å². The highest BCUT2D eigenvalue weighted by Gasteiger charge is 2.31. The Balaban J connectivity index is 1.30. The average Bonchev–Trinajstić information content (AvgIpc) is 3.34. The minimum absolute atomic E-state index is 0.0301. The second kappa shape index (κ2) is 12.3. The van der Waals surface area contributed by atoms with Crippen molar-refractivity contribution in [3.63, 3.8) is 0 Å². The number of guanidine groups is 1. The standard InChI is InChI=1S/C26H29Cl2N5O4/c27-19-3-1-4-20(28)22(19)24(35)33-21(25(36)37)13-15-5-8-17(9-6-15)31-23(34)16-7-10-18(14-16)32-26-29-11-2-12-30-26/h1,3-6,8-9,16,18,21H,2,7,10-14H2,(H,31,34)(H,33,35)(H,36,37)(H2,29,30,32)/t16-,18-,21+/m1/s1. The Morgan fingerprint density at radius 2 is 1.81 bits per heavy atom. The van der Waals surface area contributed by atoms with Crippen LogP contribution in [-0.4, -0.2) is 54.0 Å². The van der Waals surface area contributed by atoms with Gasteiger partial charge in [0, 0.05) is 37.2 Å². The number of carbonyl (C=O) groups excluding carboxylic acids is 2. The van der Waals surface area contributed by atoms with Crippen molar-refractivity contribution in [2.24, 2.45) is 10.9 Å². The molecule has 11 heteroatoms. The van der Waals surface area contributed by atoms with Crippen molar-refractivity contribution in [1.29, 1.82) is 0 Å². The number of carboxylic acid groups (broad SMARTS) is 1. The maximum Gasteiger partial charge on any atom is 0.326 e. The van der Waals surface area contributed by atoms with Crippen LogP contribution in [0.2, 0.25) is 10.0 Å². The number of amides is 2. The summed E-state index contributed by atoms with van der Waals surface area (Å²) in [5.74, 6) is -1.17. The van der Waals surface area contributed by atoms with Gasteiger partial charge in [0.2, 0.25) is 5.91 Å². The zero-order valence-electron chi connectivity index (χ0n) is 20.1. The second-order valence-corrected chi connectivity index (χ2v) is 10.0. The third-order valence-corrected chi connectivity index (χ3v) is 7.13. The normalized spacial score (nSPS) is 19.8. The molecule has 2 aliphatic rings. The van der Waals surface area contributed by atoms with Crippen molar-refractivity contribution in [2.45, 2.75) is 44.2 Å². The molecule has 1 fully saturated rings. The van der Waals surface area contributed by atoms with Crippen LogP contribution in [0.3, 0.4) is 0 Å². The molecule has 1 saturated carbocycles. The number of halogens is 2. The first-order chi connectivity index (χ1) is 17.8. The third kappa shape index (κ3) is 7.14. The van der Waals surface area contributed by atoms with Crippen LogP contribution >= 0.6 is 23.2 Å². The van der Waals surface area contributed by atoms with Gasteiger partial charge in [0.25, 0.3) is 5.91 Å². The number of aliphatic carboxylic acids is 1. The summed E-state index contributed by atoms with van der Waals surface area (Å²) < 4.78 is 0. The molecular formula is C26H29Cl2N5O4. The van der Waals surface area contributed by atoms with E-state index in [1.54, 1.807) is 30.3 Å². The molecule has 1 aliphatic heterocycles. The van der Waals surface area contributed by atoms with Gasteiger partial charge in [-0.1, -0.05) is 41.4 Å². The fourth-order valence-corrected chi connectivity index (χ4v) is 5.09.